The van der Waals surface area contributed by atoms with Crippen LogP contribution in [-0.4, -0.2) is 23.5 Å². The third kappa shape index (κ3) is 3.95. The molecule has 24 heavy (non-hydrogen) atoms. The van der Waals surface area contributed by atoms with E-state index in [1.54, 1.807) is 32.0 Å². The first-order valence-electron chi connectivity index (χ1n) is 7.85. The summed E-state index contributed by atoms with van der Waals surface area (Å²) >= 11 is 0. The third-order valence-electron chi connectivity index (χ3n) is 4.16. The summed E-state index contributed by atoms with van der Waals surface area (Å²) in [7, 11) is 0. The van der Waals surface area contributed by atoms with Crippen LogP contribution >= 0.6 is 0 Å². The number of para-hydroxylation sites is 1. The minimum absolute atomic E-state index is 0.0454. The van der Waals surface area contributed by atoms with Gasteiger partial charge in [0.2, 0.25) is 0 Å². The number of furan rings is 1. The zero-order valence-electron chi connectivity index (χ0n) is 13.7. The number of aliphatic carboxylic acids is 1. The van der Waals surface area contributed by atoms with Crippen LogP contribution in [0.1, 0.15) is 37.2 Å². The van der Waals surface area contributed by atoms with Gasteiger partial charge in [-0.15, -0.1) is 0 Å². The molecule has 0 fully saturated rings. The monoisotopic (exact) mass is 331 g/mol. The summed E-state index contributed by atoms with van der Waals surface area (Å²) in [5.41, 5.74) is -0.967. The van der Waals surface area contributed by atoms with Crippen LogP contribution in [-0.2, 0) is 4.79 Å². The lowest BCUT2D eigenvalue weighted by atomic mass is 9.82. The second-order valence-electron chi connectivity index (χ2n) is 5.51. The van der Waals surface area contributed by atoms with Gasteiger partial charge in [-0.05, 0) is 31.0 Å². The normalized spacial score (nSPS) is 11.1. The number of rotatable bonds is 8. The Balaban J connectivity index is 1.99. The summed E-state index contributed by atoms with van der Waals surface area (Å²) in [6, 6.07) is 12.1. The fourth-order valence-corrected chi connectivity index (χ4v) is 2.32. The van der Waals surface area contributed by atoms with E-state index in [-0.39, 0.29) is 18.3 Å². The lowest BCUT2D eigenvalue weighted by molar-refractivity contribution is -0.149. The number of hydrogen-bond donors (Lipinski definition) is 2. The van der Waals surface area contributed by atoms with Crippen LogP contribution in [0.3, 0.4) is 0 Å². The Morgan fingerprint density at radius 2 is 1.79 bits per heavy atom. The highest BCUT2D eigenvalue weighted by atomic mass is 16.6. The molecule has 0 saturated heterocycles. The number of carboxylic acids is 1. The number of ether oxygens (including phenoxy) is 1. The highest BCUT2D eigenvalue weighted by molar-refractivity contribution is 5.92. The molecule has 0 aliphatic rings. The second kappa shape index (κ2) is 7.68. The maximum absolute atomic E-state index is 12.2. The van der Waals surface area contributed by atoms with Crippen molar-refractivity contribution in [1.29, 1.82) is 0 Å². The Labute approximate surface area is 140 Å². The lowest BCUT2D eigenvalue weighted by Gasteiger charge is -2.26. The topological polar surface area (TPSA) is 88.8 Å². The Hall–Kier alpha value is -2.76. The first-order chi connectivity index (χ1) is 11.5. The Kier molecular flexibility index (Phi) is 5.63. The smallest absolute Gasteiger partial charge is 0.311 e. The van der Waals surface area contributed by atoms with Crippen LogP contribution in [0.25, 0.3) is 0 Å². The first kappa shape index (κ1) is 17.6. The van der Waals surface area contributed by atoms with Crippen LogP contribution < -0.4 is 10.1 Å². The van der Waals surface area contributed by atoms with Gasteiger partial charge in [0.1, 0.15) is 5.75 Å². The number of carboxylic acid groups (broad SMARTS) is 1. The van der Waals surface area contributed by atoms with Gasteiger partial charge in [-0.1, -0.05) is 32.0 Å². The molecule has 0 aliphatic carbocycles. The molecule has 0 aliphatic heterocycles. The molecular weight excluding hydrogens is 310 g/mol. The van der Waals surface area contributed by atoms with Crippen LogP contribution in [0.2, 0.25) is 0 Å². The SMILES string of the molecule is CCC(CC)(CNC(=O)c1ccc(Oc2ccccc2)o1)C(=O)O. The van der Waals surface area contributed by atoms with E-state index in [0.717, 1.165) is 0 Å². The zero-order chi connectivity index (χ0) is 17.6. The Bertz CT molecular complexity index is 688. The molecule has 6 heteroatoms. The summed E-state index contributed by atoms with van der Waals surface area (Å²) in [5.74, 6) is -0.513. The fourth-order valence-electron chi connectivity index (χ4n) is 2.32. The summed E-state index contributed by atoms with van der Waals surface area (Å²) in [4.78, 5) is 23.6. The minimum Gasteiger partial charge on any atom is -0.481 e. The number of carbonyl (C=O) groups is 2. The molecule has 1 amide bonds. The van der Waals surface area contributed by atoms with Gasteiger partial charge in [0.05, 0.1) is 5.41 Å². The van der Waals surface area contributed by atoms with Crippen molar-refractivity contribution in [2.45, 2.75) is 26.7 Å². The molecule has 0 bridgehead atoms. The zero-order valence-corrected chi connectivity index (χ0v) is 13.7. The van der Waals surface area contributed by atoms with E-state index in [1.807, 2.05) is 18.2 Å². The number of hydrogen-bond acceptors (Lipinski definition) is 4. The molecule has 0 unspecified atom stereocenters. The summed E-state index contributed by atoms with van der Waals surface area (Å²) in [6.07, 6.45) is 0.860. The van der Waals surface area contributed by atoms with E-state index in [0.29, 0.717) is 18.6 Å². The van der Waals surface area contributed by atoms with Crippen LogP contribution in [0.4, 0.5) is 0 Å². The van der Waals surface area contributed by atoms with Crippen molar-refractivity contribution in [2.75, 3.05) is 6.54 Å². The predicted octanol–water partition coefficient (Wildman–Crippen LogP) is 3.69. The van der Waals surface area contributed by atoms with Gasteiger partial charge in [-0.3, -0.25) is 9.59 Å². The van der Waals surface area contributed by atoms with E-state index in [4.69, 9.17) is 9.15 Å². The van der Waals surface area contributed by atoms with Gasteiger partial charge in [-0.2, -0.15) is 0 Å². The van der Waals surface area contributed by atoms with Crippen molar-refractivity contribution in [1.82, 2.24) is 5.32 Å². The fraction of sp³-hybridized carbons (Fsp3) is 0.333. The molecule has 0 saturated carbocycles. The molecule has 0 spiro atoms. The molecule has 1 aromatic heterocycles. The highest BCUT2D eigenvalue weighted by Gasteiger charge is 2.35. The Morgan fingerprint density at radius 3 is 2.38 bits per heavy atom. The molecule has 1 aromatic carbocycles. The molecule has 2 rings (SSSR count). The average Bonchev–Trinajstić information content (AvgIpc) is 3.05. The summed E-state index contributed by atoms with van der Waals surface area (Å²) in [5, 5.41) is 12.0. The van der Waals surface area contributed by atoms with E-state index in [9.17, 15) is 14.7 Å². The summed E-state index contributed by atoms with van der Waals surface area (Å²) in [6.45, 7) is 3.63. The van der Waals surface area contributed by atoms with Gasteiger partial charge in [0, 0.05) is 12.6 Å². The van der Waals surface area contributed by atoms with Gasteiger partial charge in [0.15, 0.2) is 5.76 Å². The third-order valence-corrected chi connectivity index (χ3v) is 4.16. The van der Waals surface area contributed by atoms with Crippen LogP contribution in [0, 0.1) is 5.41 Å². The van der Waals surface area contributed by atoms with Crippen molar-refractivity contribution in [3.8, 4) is 11.7 Å². The number of nitrogens with one attached hydrogen (secondary N) is 1. The van der Waals surface area contributed by atoms with Gasteiger partial charge < -0.3 is 19.6 Å². The number of amides is 1. The van der Waals surface area contributed by atoms with Crippen molar-refractivity contribution in [2.24, 2.45) is 5.41 Å². The van der Waals surface area contributed by atoms with Gasteiger partial charge in [0.25, 0.3) is 11.9 Å². The molecule has 6 nitrogen and oxygen atoms in total. The van der Waals surface area contributed by atoms with Crippen molar-refractivity contribution >= 4 is 11.9 Å². The summed E-state index contributed by atoms with van der Waals surface area (Å²) < 4.78 is 10.9. The average molecular weight is 331 g/mol. The molecule has 0 radical (unpaired) electrons. The highest BCUT2D eigenvalue weighted by Crippen LogP contribution is 2.26. The maximum atomic E-state index is 12.2. The largest absolute Gasteiger partial charge is 0.481 e. The first-order valence-corrected chi connectivity index (χ1v) is 7.85. The molecule has 1 heterocycles. The minimum atomic E-state index is -0.967. The second-order valence-corrected chi connectivity index (χ2v) is 5.51. The molecule has 2 aromatic rings. The van der Waals surface area contributed by atoms with Gasteiger partial charge in [-0.25, -0.2) is 0 Å². The molecule has 0 atom stereocenters. The standard InChI is InChI=1S/C18H21NO5/c1-3-18(4-2,17(21)22)12-19-16(20)14-10-11-15(24-14)23-13-8-6-5-7-9-13/h5-11H,3-4,12H2,1-2H3,(H,19,20)(H,21,22). The van der Waals surface area contributed by atoms with Crippen LogP contribution in [0.15, 0.2) is 46.9 Å². The Morgan fingerprint density at radius 1 is 1.12 bits per heavy atom. The van der Waals surface area contributed by atoms with Gasteiger partial charge >= 0.3 is 5.97 Å². The van der Waals surface area contributed by atoms with Crippen LogP contribution in [0.5, 0.6) is 11.7 Å². The van der Waals surface area contributed by atoms with E-state index in [1.165, 1.54) is 6.07 Å². The molecular formula is C18H21NO5. The number of benzene rings is 1. The maximum Gasteiger partial charge on any atom is 0.311 e. The lowest BCUT2D eigenvalue weighted by Crippen LogP contribution is -2.42. The van der Waals surface area contributed by atoms with E-state index in [2.05, 4.69) is 5.32 Å². The van der Waals surface area contributed by atoms with E-state index < -0.39 is 17.3 Å². The number of carbonyl (C=O) groups excluding carboxylic acids is 1. The molecule has 2 N–H and O–H groups in total. The van der Waals surface area contributed by atoms with Crippen molar-refractivity contribution in [3.63, 3.8) is 0 Å². The predicted molar refractivity (Wildman–Crippen MR) is 88.2 cm³/mol. The molecule has 128 valence electrons. The van der Waals surface area contributed by atoms with Crippen molar-refractivity contribution < 1.29 is 23.8 Å². The quantitative estimate of drug-likeness (QED) is 0.770. The van der Waals surface area contributed by atoms with Crippen molar-refractivity contribution in [3.05, 3.63) is 48.2 Å². The van der Waals surface area contributed by atoms with E-state index >= 15 is 0 Å².